The van der Waals surface area contributed by atoms with Gasteiger partial charge in [-0.25, -0.2) is 8.42 Å². The maximum Gasteiger partial charge on any atom is 0.261 e. The minimum Gasteiger partial charge on any atom is -0.488 e. The van der Waals surface area contributed by atoms with E-state index in [0.717, 1.165) is 0 Å². The molecule has 0 aromatic heterocycles. The third-order valence-corrected chi connectivity index (χ3v) is 6.91. The van der Waals surface area contributed by atoms with Gasteiger partial charge in [-0.2, -0.15) is 0 Å². The molecule has 0 radical (unpaired) electrons. The van der Waals surface area contributed by atoms with E-state index in [1.165, 1.54) is 18.2 Å². The van der Waals surface area contributed by atoms with E-state index in [0.29, 0.717) is 18.8 Å². The number of ether oxygens (including phenoxy) is 1. The Balaban J connectivity index is 2.00. The molecule has 1 amide bonds. The standard InChI is InChI=1S/C23H31N3O5S/c1-16-13-26(17(2)15-27)23(28)20-12-18(10-11-21(20)31-22(16)14-25(3)4)24-32(29,30)19-8-6-5-7-9-19/h5-12,16-17,22,24,27H,13-15H2,1-4H3/t16-,17-,22+/m0/s1. The highest BCUT2D eigenvalue weighted by Gasteiger charge is 2.33. The van der Waals surface area contributed by atoms with Crippen LogP contribution in [0.1, 0.15) is 24.2 Å². The quantitative estimate of drug-likeness (QED) is 0.656. The van der Waals surface area contributed by atoms with Gasteiger partial charge in [-0.1, -0.05) is 25.1 Å². The summed E-state index contributed by atoms with van der Waals surface area (Å²) in [6.07, 6.45) is -0.183. The van der Waals surface area contributed by atoms with Gasteiger partial charge >= 0.3 is 0 Å². The Kier molecular flexibility index (Phi) is 7.43. The molecule has 3 rings (SSSR count). The number of hydrogen-bond donors (Lipinski definition) is 2. The van der Waals surface area contributed by atoms with E-state index in [2.05, 4.69) is 4.72 Å². The highest BCUT2D eigenvalue weighted by molar-refractivity contribution is 7.92. The number of sulfonamides is 1. The van der Waals surface area contributed by atoms with Crippen LogP contribution in [0.5, 0.6) is 5.75 Å². The first-order valence-electron chi connectivity index (χ1n) is 10.6. The van der Waals surface area contributed by atoms with E-state index in [1.54, 1.807) is 42.2 Å². The molecule has 0 fully saturated rings. The van der Waals surface area contributed by atoms with Crippen LogP contribution in [-0.4, -0.2) is 75.2 Å². The van der Waals surface area contributed by atoms with Crippen molar-refractivity contribution in [2.45, 2.75) is 30.9 Å². The number of likely N-dealkylation sites (N-methyl/N-ethyl adjacent to an activating group) is 1. The first kappa shape index (κ1) is 24.0. The lowest BCUT2D eigenvalue weighted by Gasteiger charge is -2.37. The molecule has 0 saturated heterocycles. The van der Waals surface area contributed by atoms with Crippen LogP contribution < -0.4 is 9.46 Å². The molecule has 174 valence electrons. The molecule has 0 bridgehead atoms. The lowest BCUT2D eigenvalue weighted by Crippen LogP contribution is -2.49. The van der Waals surface area contributed by atoms with Crippen LogP contribution in [0.4, 0.5) is 5.69 Å². The Morgan fingerprint density at radius 3 is 2.53 bits per heavy atom. The number of nitrogens with zero attached hydrogens (tertiary/aromatic N) is 2. The predicted molar refractivity (Wildman–Crippen MR) is 123 cm³/mol. The zero-order valence-corrected chi connectivity index (χ0v) is 19.7. The lowest BCUT2D eigenvalue weighted by molar-refractivity contribution is 0.0363. The maximum atomic E-state index is 13.4. The van der Waals surface area contributed by atoms with Gasteiger partial charge in [-0.05, 0) is 51.4 Å². The van der Waals surface area contributed by atoms with Crippen molar-refractivity contribution in [3.63, 3.8) is 0 Å². The number of aliphatic hydroxyl groups excluding tert-OH is 1. The Morgan fingerprint density at radius 2 is 1.91 bits per heavy atom. The third-order valence-electron chi connectivity index (χ3n) is 5.52. The number of rotatable bonds is 7. The number of benzene rings is 2. The number of anilines is 1. The first-order valence-corrected chi connectivity index (χ1v) is 12.1. The molecule has 1 aliphatic rings. The number of aliphatic hydroxyl groups is 1. The fourth-order valence-electron chi connectivity index (χ4n) is 3.68. The molecule has 0 unspecified atom stereocenters. The zero-order valence-electron chi connectivity index (χ0n) is 18.9. The molecular weight excluding hydrogens is 430 g/mol. The Hall–Kier alpha value is -2.62. The van der Waals surface area contributed by atoms with Crippen molar-refractivity contribution >= 4 is 21.6 Å². The number of hydrogen-bond acceptors (Lipinski definition) is 6. The highest BCUT2D eigenvalue weighted by Crippen LogP contribution is 2.31. The average Bonchev–Trinajstić information content (AvgIpc) is 2.76. The molecule has 2 aromatic carbocycles. The smallest absolute Gasteiger partial charge is 0.261 e. The second kappa shape index (κ2) is 9.89. The van der Waals surface area contributed by atoms with E-state index in [9.17, 15) is 18.3 Å². The molecule has 0 spiro atoms. The van der Waals surface area contributed by atoms with Crippen molar-refractivity contribution in [1.82, 2.24) is 9.80 Å². The van der Waals surface area contributed by atoms with Crippen LogP contribution in [0, 0.1) is 5.92 Å². The molecule has 1 aliphatic heterocycles. The molecule has 3 atom stereocenters. The van der Waals surface area contributed by atoms with E-state index >= 15 is 0 Å². The number of nitrogens with one attached hydrogen (secondary N) is 1. The summed E-state index contributed by atoms with van der Waals surface area (Å²) >= 11 is 0. The van der Waals surface area contributed by atoms with Gasteiger partial charge in [0.2, 0.25) is 0 Å². The second-order valence-electron chi connectivity index (χ2n) is 8.51. The number of fused-ring (bicyclic) bond motifs is 1. The normalized spacial score (nSPS) is 20.2. The van der Waals surface area contributed by atoms with Crippen LogP contribution in [0.3, 0.4) is 0 Å². The zero-order chi connectivity index (χ0) is 23.5. The Labute approximate surface area is 189 Å². The van der Waals surface area contributed by atoms with Crippen molar-refractivity contribution in [2.75, 3.05) is 38.5 Å². The van der Waals surface area contributed by atoms with E-state index in [4.69, 9.17) is 4.74 Å². The summed E-state index contributed by atoms with van der Waals surface area (Å²) in [5, 5.41) is 9.72. The fraction of sp³-hybridized carbons (Fsp3) is 0.435. The number of carbonyl (C=O) groups is 1. The summed E-state index contributed by atoms with van der Waals surface area (Å²) in [6, 6.07) is 12.4. The van der Waals surface area contributed by atoms with Crippen LogP contribution in [0.25, 0.3) is 0 Å². The van der Waals surface area contributed by atoms with Crippen molar-refractivity contribution < 1.29 is 23.1 Å². The molecule has 32 heavy (non-hydrogen) atoms. The largest absolute Gasteiger partial charge is 0.488 e. The molecule has 0 saturated carbocycles. The molecule has 8 nitrogen and oxygen atoms in total. The van der Waals surface area contributed by atoms with Gasteiger partial charge < -0.3 is 19.6 Å². The molecule has 2 aromatic rings. The molecule has 9 heteroatoms. The summed E-state index contributed by atoms with van der Waals surface area (Å²) in [7, 11) is 0.104. The van der Waals surface area contributed by atoms with Crippen molar-refractivity contribution in [2.24, 2.45) is 5.92 Å². The minimum absolute atomic E-state index is 0.0276. The fourth-order valence-corrected chi connectivity index (χ4v) is 4.75. The van der Waals surface area contributed by atoms with Gasteiger partial charge in [0.05, 0.1) is 23.1 Å². The maximum absolute atomic E-state index is 13.4. The summed E-state index contributed by atoms with van der Waals surface area (Å²) < 4.78 is 34.2. The van der Waals surface area contributed by atoms with Crippen molar-refractivity contribution in [3.05, 3.63) is 54.1 Å². The van der Waals surface area contributed by atoms with Gasteiger partial charge in [0.15, 0.2) is 0 Å². The minimum atomic E-state index is -3.81. The van der Waals surface area contributed by atoms with Gasteiger partial charge in [0.25, 0.3) is 15.9 Å². The molecule has 1 heterocycles. The van der Waals surface area contributed by atoms with Gasteiger partial charge in [-0.3, -0.25) is 9.52 Å². The summed E-state index contributed by atoms with van der Waals surface area (Å²) in [5.74, 6) is 0.114. The summed E-state index contributed by atoms with van der Waals surface area (Å²) in [6.45, 7) is 4.70. The van der Waals surface area contributed by atoms with Crippen LogP contribution in [-0.2, 0) is 10.0 Å². The van der Waals surface area contributed by atoms with E-state index < -0.39 is 10.0 Å². The van der Waals surface area contributed by atoms with Crippen LogP contribution in [0.15, 0.2) is 53.4 Å². The molecule has 0 aliphatic carbocycles. The Bertz CT molecular complexity index is 1040. The Morgan fingerprint density at radius 1 is 1.22 bits per heavy atom. The highest BCUT2D eigenvalue weighted by atomic mass is 32.2. The van der Waals surface area contributed by atoms with Crippen LogP contribution >= 0.6 is 0 Å². The summed E-state index contributed by atoms with van der Waals surface area (Å²) in [5.41, 5.74) is 0.521. The molecular formula is C23H31N3O5S. The van der Waals surface area contributed by atoms with Crippen molar-refractivity contribution in [1.29, 1.82) is 0 Å². The van der Waals surface area contributed by atoms with Crippen LogP contribution in [0.2, 0.25) is 0 Å². The van der Waals surface area contributed by atoms with Crippen molar-refractivity contribution in [3.8, 4) is 5.75 Å². The van der Waals surface area contributed by atoms with E-state index in [1.807, 2.05) is 25.9 Å². The monoisotopic (exact) mass is 461 g/mol. The van der Waals surface area contributed by atoms with Gasteiger partial charge in [0, 0.05) is 24.7 Å². The lowest BCUT2D eigenvalue weighted by atomic mass is 9.99. The predicted octanol–water partition coefficient (Wildman–Crippen LogP) is 2.27. The average molecular weight is 462 g/mol. The second-order valence-corrected chi connectivity index (χ2v) is 10.2. The van der Waals surface area contributed by atoms with Gasteiger partial charge in [0.1, 0.15) is 11.9 Å². The molecule has 2 N–H and O–H groups in total. The van der Waals surface area contributed by atoms with E-state index in [-0.39, 0.29) is 46.7 Å². The first-order chi connectivity index (χ1) is 15.1. The third kappa shape index (κ3) is 5.40. The topological polar surface area (TPSA) is 99.2 Å². The number of carbonyl (C=O) groups excluding carboxylic acids is 1. The SMILES string of the molecule is C[C@H]1CN([C@@H](C)CO)C(=O)c2cc(NS(=O)(=O)c3ccccc3)ccc2O[C@@H]1CN(C)C. The summed E-state index contributed by atoms with van der Waals surface area (Å²) in [4.78, 5) is 17.2. The van der Waals surface area contributed by atoms with Gasteiger partial charge in [-0.15, -0.1) is 0 Å². The number of amides is 1.